The van der Waals surface area contributed by atoms with Gasteiger partial charge < -0.3 is 18.9 Å². The Balaban J connectivity index is 1.74. The van der Waals surface area contributed by atoms with E-state index in [0.29, 0.717) is 24.7 Å². The van der Waals surface area contributed by atoms with Gasteiger partial charge in [-0.25, -0.2) is 5.43 Å². The van der Waals surface area contributed by atoms with Gasteiger partial charge in [0.1, 0.15) is 24.7 Å². The Morgan fingerprint density at radius 1 is 0.903 bits per heavy atom. The van der Waals surface area contributed by atoms with E-state index < -0.39 is 0 Å². The molecule has 168 valence electrons. The van der Waals surface area contributed by atoms with Gasteiger partial charge >= 0.3 is 0 Å². The van der Waals surface area contributed by atoms with Crippen molar-refractivity contribution >= 4 is 12.1 Å². The lowest BCUT2D eigenvalue weighted by molar-refractivity contribution is -0.118. The van der Waals surface area contributed by atoms with Crippen molar-refractivity contribution in [2.75, 3.05) is 26.9 Å². The van der Waals surface area contributed by atoms with Crippen LogP contribution in [0.5, 0.6) is 23.0 Å². The molecule has 0 radical (unpaired) electrons. The van der Waals surface area contributed by atoms with E-state index in [2.05, 4.69) is 17.5 Å². The fourth-order valence-corrected chi connectivity index (χ4v) is 2.74. The molecule has 0 aliphatic heterocycles. The van der Waals surface area contributed by atoms with E-state index in [4.69, 9.17) is 18.9 Å². The predicted molar refractivity (Wildman–Crippen MR) is 121 cm³/mol. The van der Waals surface area contributed by atoms with Gasteiger partial charge in [0.15, 0.2) is 11.5 Å². The molecule has 0 aliphatic carbocycles. The second-order valence-corrected chi connectivity index (χ2v) is 6.91. The van der Waals surface area contributed by atoms with E-state index >= 15 is 0 Å². The average molecular weight is 429 g/mol. The molecule has 0 atom stereocenters. The van der Waals surface area contributed by atoms with E-state index in [-0.39, 0.29) is 5.91 Å². The molecule has 0 aliphatic rings. The number of carbonyl (C=O) groups excluding carboxylic acids is 1. The number of rotatable bonds is 14. The number of benzene rings is 2. The second kappa shape index (κ2) is 13.9. The molecule has 31 heavy (non-hydrogen) atoms. The van der Waals surface area contributed by atoms with Gasteiger partial charge in [-0.2, -0.15) is 5.10 Å². The first-order chi connectivity index (χ1) is 15.1. The van der Waals surface area contributed by atoms with Crippen molar-refractivity contribution in [1.29, 1.82) is 0 Å². The Labute approximate surface area is 184 Å². The predicted octanol–water partition coefficient (Wildman–Crippen LogP) is 4.58. The van der Waals surface area contributed by atoms with Crippen molar-refractivity contribution in [1.82, 2.24) is 5.43 Å². The van der Waals surface area contributed by atoms with Crippen molar-refractivity contribution < 1.29 is 23.7 Å². The Hall–Kier alpha value is -3.22. The minimum atomic E-state index is -0.229. The topological polar surface area (TPSA) is 78.4 Å². The van der Waals surface area contributed by atoms with Gasteiger partial charge in [0.05, 0.1) is 19.9 Å². The van der Waals surface area contributed by atoms with Crippen LogP contribution in [0.1, 0.15) is 45.1 Å². The second-order valence-electron chi connectivity index (χ2n) is 6.91. The van der Waals surface area contributed by atoms with Crippen molar-refractivity contribution in [2.45, 2.75) is 39.5 Å². The summed E-state index contributed by atoms with van der Waals surface area (Å²) in [7, 11) is 1.57. The molecule has 1 amide bonds. The van der Waals surface area contributed by atoms with E-state index in [1.807, 2.05) is 30.3 Å². The molecule has 0 bridgehead atoms. The van der Waals surface area contributed by atoms with E-state index in [0.717, 1.165) is 30.1 Å². The molecule has 0 heterocycles. The molecule has 1 N–H and O–H groups in total. The summed E-state index contributed by atoms with van der Waals surface area (Å²) in [4.78, 5) is 10.9. The van der Waals surface area contributed by atoms with Crippen LogP contribution in [0.15, 0.2) is 47.6 Å². The number of hydrogen-bond donors (Lipinski definition) is 1. The molecule has 0 fully saturated rings. The quantitative estimate of drug-likeness (QED) is 0.271. The molecule has 2 aromatic carbocycles. The molecule has 0 saturated carbocycles. The zero-order valence-corrected chi connectivity index (χ0v) is 18.6. The van der Waals surface area contributed by atoms with E-state index in [1.165, 1.54) is 32.4 Å². The summed E-state index contributed by atoms with van der Waals surface area (Å²) in [6.45, 7) is 5.10. The van der Waals surface area contributed by atoms with Crippen LogP contribution >= 0.6 is 0 Å². The number of hydrogen-bond acceptors (Lipinski definition) is 6. The van der Waals surface area contributed by atoms with E-state index in [1.54, 1.807) is 19.2 Å². The maximum Gasteiger partial charge on any atom is 0.236 e. The molecule has 0 spiro atoms. The first-order valence-electron chi connectivity index (χ1n) is 10.6. The van der Waals surface area contributed by atoms with Crippen LogP contribution in [0, 0.1) is 0 Å². The maximum atomic E-state index is 10.9. The minimum Gasteiger partial charge on any atom is -0.494 e. The summed E-state index contributed by atoms with van der Waals surface area (Å²) in [6.07, 6.45) is 6.30. The van der Waals surface area contributed by atoms with Gasteiger partial charge in [-0.3, -0.25) is 4.79 Å². The van der Waals surface area contributed by atoms with Crippen molar-refractivity contribution in [3.8, 4) is 23.0 Å². The number of carbonyl (C=O) groups is 1. The van der Waals surface area contributed by atoms with Crippen molar-refractivity contribution in [3.05, 3.63) is 48.0 Å². The number of methoxy groups -OCH3 is 1. The van der Waals surface area contributed by atoms with Crippen LogP contribution in [0.4, 0.5) is 0 Å². The van der Waals surface area contributed by atoms with Gasteiger partial charge in [0, 0.05) is 6.92 Å². The number of ether oxygens (including phenoxy) is 4. The summed E-state index contributed by atoms with van der Waals surface area (Å²) in [6, 6.07) is 13.0. The number of amides is 1. The minimum absolute atomic E-state index is 0.229. The fourth-order valence-electron chi connectivity index (χ4n) is 2.74. The molecule has 7 heteroatoms. The lowest BCUT2D eigenvalue weighted by atomic mass is 10.2. The molecule has 2 rings (SSSR count). The van der Waals surface area contributed by atoms with Crippen molar-refractivity contribution in [2.24, 2.45) is 5.10 Å². The molecular formula is C24H32N2O5. The third-order valence-corrected chi connectivity index (χ3v) is 4.32. The van der Waals surface area contributed by atoms with Crippen LogP contribution in [-0.4, -0.2) is 39.1 Å². The monoisotopic (exact) mass is 428 g/mol. The molecule has 7 nitrogen and oxygen atoms in total. The zero-order valence-electron chi connectivity index (χ0n) is 18.6. The summed E-state index contributed by atoms with van der Waals surface area (Å²) in [5.41, 5.74) is 3.14. The van der Waals surface area contributed by atoms with Crippen LogP contribution < -0.4 is 24.4 Å². The lowest BCUT2D eigenvalue weighted by Gasteiger charge is -2.12. The average Bonchev–Trinajstić information content (AvgIpc) is 2.77. The van der Waals surface area contributed by atoms with Crippen LogP contribution in [0.3, 0.4) is 0 Å². The Morgan fingerprint density at radius 3 is 2.23 bits per heavy atom. The highest BCUT2D eigenvalue weighted by molar-refractivity contribution is 5.82. The Bertz CT molecular complexity index is 821. The molecule has 2 aromatic rings. The molecule has 0 aromatic heterocycles. The summed E-state index contributed by atoms with van der Waals surface area (Å²) in [5, 5.41) is 3.84. The zero-order chi connectivity index (χ0) is 22.3. The summed E-state index contributed by atoms with van der Waals surface area (Å²) < 4.78 is 22.6. The maximum absolute atomic E-state index is 10.9. The van der Waals surface area contributed by atoms with Crippen molar-refractivity contribution in [3.63, 3.8) is 0 Å². The fraction of sp³-hybridized carbons (Fsp3) is 0.417. The van der Waals surface area contributed by atoms with Crippen LogP contribution in [0.25, 0.3) is 0 Å². The molecular weight excluding hydrogens is 396 g/mol. The molecule has 0 unspecified atom stereocenters. The Kier molecular flexibility index (Phi) is 10.8. The van der Waals surface area contributed by atoms with Gasteiger partial charge in [-0.15, -0.1) is 0 Å². The van der Waals surface area contributed by atoms with Crippen LogP contribution in [-0.2, 0) is 4.79 Å². The van der Waals surface area contributed by atoms with Gasteiger partial charge in [-0.05, 0) is 54.4 Å². The highest BCUT2D eigenvalue weighted by Gasteiger charge is 2.06. The summed E-state index contributed by atoms with van der Waals surface area (Å²) >= 11 is 0. The van der Waals surface area contributed by atoms with Crippen LogP contribution in [0.2, 0.25) is 0 Å². The first kappa shape index (κ1) is 24.1. The van der Waals surface area contributed by atoms with Gasteiger partial charge in [0.2, 0.25) is 5.91 Å². The third-order valence-electron chi connectivity index (χ3n) is 4.32. The normalized spacial score (nSPS) is 10.7. The Morgan fingerprint density at radius 2 is 1.58 bits per heavy atom. The molecule has 0 saturated heterocycles. The highest BCUT2D eigenvalue weighted by atomic mass is 16.5. The van der Waals surface area contributed by atoms with E-state index in [9.17, 15) is 4.79 Å². The summed E-state index contributed by atoms with van der Waals surface area (Å²) in [5.74, 6) is 2.57. The lowest BCUT2D eigenvalue weighted by Crippen LogP contribution is -2.12. The first-order valence-corrected chi connectivity index (χ1v) is 10.6. The number of hydrazone groups is 1. The van der Waals surface area contributed by atoms with Gasteiger partial charge in [0.25, 0.3) is 0 Å². The van der Waals surface area contributed by atoms with Gasteiger partial charge in [-0.1, -0.05) is 26.2 Å². The standard InChI is InChI=1S/C24H32N2O5/c1-4-5-6-7-14-29-21-9-11-22(12-10-21)30-15-16-31-23-13-8-20(17-24(23)28-3)18-25-26-19(2)27/h8-13,17-18H,4-7,14-16H2,1-3H3,(H,26,27). The number of nitrogens with zero attached hydrogens (tertiary/aromatic N) is 1. The third kappa shape index (κ3) is 9.42. The number of unbranched alkanes of at least 4 members (excludes halogenated alkanes) is 3. The smallest absolute Gasteiger partial charge is 0.236 e. The SMILES string of the molecule is CCCCCCOc1ccc(OCCOc2ccc(C=NNC(C)=O)cc2OC)cc1. The largest absolute Gasteiger partial charge is 0.494 e. The highest BCUT2D eigenvalue weighted by Crippen LogP contribution is 2.27. The number of nitrogens with one attached hydrogen (secondary N) is 1.